The van der Waals surface area contributed by atoms with Gasteiger partial charge in [0, 0.05) is 50.5 Å². The van der Waals surface area contributed by atoms with Crippen molar-refractivity contribution in [1.29, 1.82) is 5.26 Å². The molecule has 3 aromatic carbocycles. The van der Waals surface area contributed by atoms with Gasteiger partial charge in [-0.05, 0) is 66.8 Å². The molecule has 16 heteroatoms. The van der Waals surface area contributed by atoms with Crippen molar-refractivity contribution in [2.75, 3.05) is 44.7 Å². The quantitative estimate of drug-likeness (QED) is 0.158. The lowest BCUT2D eigenvalue weighted by Crippen LogP contribution is -2.27. The van der Waals surface area contributed by atoms with Crippen LogP contribution in [0.5, 0.6) is 5.88 Å². The van der Waals surface area contributed by atoms with E-state index in [2.05, 4.69) is 16.0 Å². The molecule has 3 aliphatic heterocycles. The van der Waals surface area contributed by atoms with Gasteiger partial charge in [-0.15, -0.1) is 0 Å². The molecule has 0 unspecified atom stereocenters. The fraction of sp³-hybridized carbons (Fsp3) is 0.375. The summed E-state index contributed by atoms with van der Waals surface area (Å²) in [7, 11) is 1.36. The number of β-amino-alcohol motifs (C(OH)–C–C–N with tert-alkyl or cyclic N) is 1. The van der Waals surface area contributed by atoms with E-state index in [1.165, 1.54) is 7.11 Å². The van der Waals surface area contributed by atoms with Gasteiger partial charge in [-0.1, -0.05) is 35.9 Å². The van der Waals surface area contributed by atoms with Crippen LogP contribution in [0.15, 0.2) is 52.9 Å². The van der Waals surface area contributed by atoms with Crippen molar-refractivity contribution >= 4 is 34.4 Å². The fourth-order valence-corrected chi connectivity index (χ4v) is 8.39. The summed E-state index contributed by atoms with van der Waals surface area (Å²) in [5, 5.41) is 29.7. The molecule has 0 amide bonds. The lowest BCUT2D eigenvalue weighted by molar-refractivity contribution is -0.142. The van der Waals surface area contributed by atoms with Crippen LogP contribution in [-0.4, -0.2) is 86.9 Å². The molecule has 0 spiro atoms. The Kier molecular flexibility index (Phi) is 10.1. The van der Waals surface area contributed by atoms with Crippen molar-refractivity contribution in [3.8, 4) is 34.5 Å². The van der Waals surface area contributed by atoms with E-state index in [0.717, 1.165) is 22.4 Å². The molecule has 5 heterocycles. The van der Waals surface area contributed by atoms with Gasteiger partial charge < -0.3 is 24.3 Å². The molecule has 0 bridgehead atoms. The number of hydrogen-bond donors (Lipinski definition) is 2. The number of oxazole rings is 1. The first-order chi connectivity index (χ1) is 26.9. The first kappa shape index (κ1) is 37.6. The van der Waals surface area contributed by atoms with Gasteiger partial charge in [0.25, 0.3) is 0 Å². The monoisotopic (exact) mass is 787 g/mol. The number of nitrogens with zero attached hydrogens (tertiary/aromatic N) is 7. The van der Waals surface area contributed by atoms with E-state index in [1.807, 2.05) is 51.1 Å². The SMILES string of the molecule is COc1nc(CN2CCc3c(-c4cccc(-c5nc6cc(CN7CC[C@@H](C(=O)O)C7)cc(C#N)c6o5)c4Cl)cccc32)c(C(F)(F)F)nc1CN1CC[C@@H](O)C1. The number of carboxylic acid groups (broad SMARTS) is 1. The van der Waals surface area contributed by atoms with E-state index in [0.29, 0.717) is 91.3 Å². The number of hydrogen-bond acceptors (Lipinski definition) is 11. The molecule has 5 aromatic rings. The minimum atomic E-state index is -4.76. The third kappa shape index (κ3) is 7.25. The average molecular weight is 788 g/mol. The number of methoxy groups -OCH3 is 1. The second-order valence-corrected chi connectivity index (χ2v) is 14.9. The maximum Gasteiger partial charge on any atom is 0.435 e. The number of halogens is 4. The van der Waals surface area contributed by atoms with E-state index in [4.69, 9.17) is 25.7 Å². The number of ether oxygens (including phenoxy) is 1. The van der Waals surface area contributed by atoms with Crippen LogP contribution in [0.4, 0.5) is 18.9 Å². The number of likely N-dealkylation sites (tertiary alicyclic amines) is 2. The van der Waals surface area contributed by atoms with Gasteiger partial charge in [-0.25, -0.2) is 15.0 Å². The van der Waals surface area contributed by atoms with Crippen LogP contribution in [0.3, 0.4) is 0 Å². The van der Waals surface area contributed by atoms with E-state index in [9.17, 15) is 33.4 Å². The van der Waals surface area contributed by atoms with Crippen LogP contribution in [0.25, 0.3) is 33.7 Å². The fourth-order valence-electron chi connectivity index (χ4n) is 8.08. The number of aromatic nitrogens is 3. The second-order valence-electron chi connectivity index (χ2n) is 14.5. The summed E-state index contributed by atoms with van der Waals surface area (Å²) in [5.74, 6) is -0.995. The predicted molar refractivity (Wildman–Crippen MR) is 200 cm³/mol. The number of fused-ring (bicyclic) bond motifs is 2. The number of nitriles is 1. The third-order valence-electron chi connectivity index (χ3n) is 10.8. The van der Waals surface area contributed by atoms with Crippen LogP contribution in [0, 0.1) is 17.2 Å². The highest BCUT2D eigenvalue weighted by molar-refractivity contribution is 6.36. The standard InChI is InChI=1S/C40H37ClF3N7O5/c1-55-38-32(20-50-12-9-25(52)19-50)46-36(40(42,43)44)31(48-38)21-51-13-10-27-26(4-3-7-33(27)51)28-5-2-6-29(34(28)41)37-47-30-15-22(14-24(16-45)35(30)56-37)17-49-11-8-23(18-49)39(53)54/h2-7,14-15,23,25,52H,8-13,17-21H2,1H3,(H,53,54)/t23-,25-/m1/s1. The summed E-state index contributed by atoms with van der Waals surface area (Å²) in [6.07, 6.45) is -3.66. The normalized spacial score (nSPS) is 18.8. The zero-order valence-electron chi connectivity index (χ0n) is 30.3. The highest BCUT2D eigenvalue weighted by atomic mass is 35.5. The van der Waals surface area contributed by atoms with Gasteiger partial charge >= 0.3 is 12.1 Å². The van der Waals surface area contributed by atoms with Crippen molar-refractivity contribution in [1.82, 2.24) is 24.8 Å². The van der Waals surface area contributed by atoms with Crippen molar-refractivity contribution < 1.29 is 37.3 Å². The Hall–Kier alpha value is -5.27. The molecule has 2 fully saturated rings. The highest BCUT2D eigenvalue weighted by Crippen LogP contribution is 2.43. The summed E-state index contributed by atoms with van der Waals surface area (Å²) in [4.78, 5) is 30.3. The maximum atomic E-state index is 14.5. The largest absolute Gasteiger partial charge is 0.481 e. The number of benzene rings is 3. The highest BCUT2D eigenvalue weighted by Gasteiger charge is 2.39. The zero-order chi connectivity index (χ0) is 39.3. The molecule has 0 aliphatic carbocycles. The Bertz CT molecular complexity index is 2380. The number of aliphatic carboxylic acids is 1. The number of rotatable bonds is 10. The van der Waals surface area contributed by atoms with Crippen molar-refractivity contribution in [3.63, 3.8) is 0 Å². The van der Waals surface area contributed by atoms with Gasteiger partial charge in [0.15, 0.2) is 11.3 Å². The van der Waals surface area contributed by atoms with E-state index < -0.39 is 29.9 Å². The van der Waals surface area contributed by atoms with Crippen molar-refractivity contribution in [3.05, 3.63) is 87.3 Å². The van der Waals surface area contributed by atoms with Crippen molar-refractivity contribution in [2.24, 2.45) is 5.92 Å². The lowest BCUT2D eigenvalue weighted by atomic mass is 9.96. The van der Waals surface area contributed by atoms with Crippen molar-refractivity contribution in [2.45, 2.75) is 51.2 Å². The molecule has 0 saturated carbocycles. The molecule has 12 nitrogen and oxygen atoms in total. The molecule has 290 valence electrons. The smallest absolute Gasteiger partial charge is 0.435 e. The minimum Gasteiger partial charge on any atom is -0.481 e. The molecule has 2 aromatic heterocycles. The van der Waals surface area contributed by atoms with E-state index in [-0.39, 0.29) is 36.2 Å². The minimum absolute atomic E-state index is 0.0175. The molecule has 2 atom stereocenters. The molecule has 2 saturated heterocycles. The molecule has 3 aliphatic rings. The Labute approximate surface area is 324 Å². The summed E-state index contributed by atoms with van der Waals surface area (Å²) < 4.78 is 55.0. The van der Waals surface area contributed by atoms with Crippen LogP contribution >= 0.6 is 11.6 Å². The number of anilines is 1. The summed E-state index contributed by atoms with van der Waals surface area (Å²) in [6, 6.07) is 16.8. The van der Waals surface area contributed by atoms with Gasteiger partial charge in [0.05, 0.1) is 47.5 Å². The molecular weight excluding hydrogens is 751 g/mol. The molecule has 8 rings (SSSR count). The second kappa shape index (κ2) is 15.0. The Morgan fingerprint density at radius 1 is 0.982 bits per heavy atom. The lowest BCUT2D eigenvalue weighted by Gasteiger charge is -2.23. The number of aliphatic hydroxyl groups excluding tert-OH is 1. The molecule has 0 radical (unpaired) electrons. The first-order valence-electron chi connectivity index (χ1n) is 18.3. The van der Waals surface area contributed by atoms with Gasteiger partial charge in [-0.3, -0.25) is 14.6 Å². The van der Waals surface area contributed by atoms with Gasteiger partial charge in [0.1, 0.15) is 17.3 Å². The number of carbonyl (C=O) groups is 1. The van der Waals surface area contributed by atoms with Gasteiger partial charge in [0.2, 0.25) is 11.8 Å². The predicted octanol–water partition coefficient (Wildman–Crippen LogP) is 6.54. The Morgan fingerprint density at radius 2 is 1.73 bits per heavy atom. The number of carboxylic acids is 1. The van der Waals surface area contributed by atoms with Crippen LogP contribution in [0.2, 0.25) is 5.02 Å². The van der Waals surface area contributed by atoms with E-state index in [1.54, 1.807) is 12.1 Å². The Balaban J connectivity index is 1.08. The van der Waals surface area contributed by atoms with Gasteiger partial charge in [-0.2, -0.15) is 18.4 Å². The average Bonchev–Trinajstić information content (AvgIpc) is 3.99. The maximum absolute atomic E-state index is 14.5. The summed E-state index contributed by atoms with van der Waals surface area (Å²) in [5.41, 5.74) is 4.30. The van der Waals surface area contributed by atoms with E-state index >= 15 is 0 Å². The summed E-state index contributed by atoms with van der Waals surface area (Å²) >= 11 is 7.11. The zero-order valence-corrected chi connectivity index (χ0v) is 31.1. The molecule has 2 N–H and O–H groups in total. The first-order valence-corrected chi connectivity index (χ1v) is 18.6. The molecule has 56 heavy (non-hydrogen) atoms. The molecular formula is C40H37ClF3N7O5. The van der Waals surface area contributed by atoms with Crippen LogP contribution in [-0.2, 0) is 37.0 Å². The number of aliphatic hydroxyl groups is 1. The topological polar surface area (TPSA) is 152 Å². The number of alkyl halides is 3. The van der Waals surface area contributed by atoms with Crippen LogP contribution < -0.4 is 9.64 Å². The summed E-state index contributed by atoms with van der Waals surface area (Å²) in [6.45, 7) is 2.75. The third-order valence-corrected chi connectivity index (χ3v) is 11.2. The Morgan fingerprint density at radius 3 is 2.45 bits per heavy atom. The van der Waals surface area contributed by atoms with Crippen LogP contribution in [0.1, 0.15) is 46.6 Å².